The number of hydrogen-bond donors (Lipinski definition) is 1. The molecular formula is C24H23NO3S. The Morgan fingerprint density at radius 1 is 1.10 bits per heavy atom. The molecule has 1 atom stereocenters. The first-order chi connectivity index (χ1) is 14.2. The Morgan fingerprint density at radius 3 is 2.72 bits per heavy atom. The Balaban J connectivity index is 1.22. The zero-order valence-electron chi connectivity index (χ0n) is 16.1. The van der Waals surface area contributed by atoms with Gasteiger partial charge in [0.25, 0.3) is 0 Å². The van der Waals surface area contributed by atoms with E-state index in [9.17, 15) is 4.79 Å². The summed E-state index contributed by atoms with van der Waals surface area (Å²) < 4.78 is 6.07. The van der Waals surface area contributed by atoms with Gasteiger partial charge in [0, 0.05) is 24.0 Å². The highest BCUT2D eigenvalue weighted by molar-refractivity contribution is 7.10. The molecule has 1 unspecified atom stereocenters. The molecule has 1 N–H and O–H groups in total. The number of nitrogens with zero attached hydrogens (tertiary/aromatic N) is 1. The molecule has 1 aromatic heterocycles. The lowest BCUT2D eigenvalue weighted by Gasteiger charge is -2.41. The van der Waals surface area contributed by atoms with Crippen LogP contribution in [0.25, 0.3) is 11.1 Å². The fourth-order valence-corrected chi connectivity index (χ4v) is 5.16. The quantitative estimate of drug-likeness (QED) is 0.627. The average Bonchev–Trinajstić information content (AvgIpc) is 3.33. The van der Waals surface area contributed by atoms with Crippen LogP contribution < -0.4 is 4.74 Å². The first-order valence-corrected chi connectivity index (χ1v) is 10.9. The molecular weight excluding hydrogens is 382 g/mol. The third kappa shape index (κ3) is 3.68. The number of benzene rings is 2. The largest absolute Gasteiger partial charge is 0.488 e. The fraction of sp³-hybridized carbons (Fsp3) is 0.292. The number of carboxylic acid groups (broad SMARTS) is 1. The van der Waals surface area contributed by atoms with Gasteiger partial charge in [-0.25, -0.2) is 0 Å². The molecule has 2 heterocycles. The van der Waals surface area contributed by atoms with Gasteiger partial charge in [-0.05, 0) is 58.7 Å². The van der Waals surface area contributed by atoms with E-state index in [-0.39, 0.29) is 5.92 Å². The van der Waals surface area contributed by atoms with E-state index in [1.807, 2.05) is 6.07 Å². The third-order valence-corrected chi connectivity index (χ3v) is 6.91. The first kappa shape index (κ1) is 18.4. The SMILES string of the molecule is O=C(O)C1CN(C2CCc3cc(OCc4cc(-c5ccccc5)cs4)ccc32)C1. The maximum Gasteiger partial charge on any atom is 0.309 e. The molecule has 5 heteroatoms. The Kier molecular flexibility index (Phi) is 4.86. The number of hydrogen-bond acceptors (Lipinski definition) is 4. The van der Waals surface area contributed by atoms with E-state index in [4.69, 9.17) is 9.84 Å². The minimum absolute atomic E-state index is 0.201. The van der Waals surface area contributed by atoms with Gasteiger partial charge in [-0.3, -0.25) is 9.69 Å². The molecule has 1 aliphatic heterocycles. The average molecular weight is 406 g/mol. The molecule has 148 valence electrons. The van der Waals surface area contributed by atoms with Gasteiger partial charge in [0.2, 0.25) is 0 Å². The first-order valence-electron chi connectivity index (χ1n) is 10.0. The third-order valence-electron chi connectivity index (χ3n) is 6.00. The molecule has 0 spiro atoms. The maximum absolute atomic E-state index is 11.1. The van der Waals surface area contributed by atoms with Crippen LogP contribution in [-0.4, -0.2) is 29.1 Å². The van der Waals surface area contributed by atoms with Gasteiger partial charge in [-0.1, -0.05) is 36.4 Å². The molecule has 4 nitrogen and oxygen atoms in total. The summed E-state index contributed by atoms with van der Waals surface area (Å²) in [6.45, 7) is 1.91. The van der Waals surface area contributed by atoms with E-state index >= 15 is 0 Å². The summed E-state index contributed by atoms with van der Waals surface area (Å²) in [4.78, 5) is 14.6. The van der Waals surface area contributed by atoms with Crippen LogP contribution in [0.3, 0.4) is 0 Å². The number of carboxylic acids is 1. The number of carbonyl (C=O) groups is 1. The van der Waals surface area contributed by atoms with Crippen LogP contribution >= 0.6 is 11.3 Å². The number of rotatable bonds is 6. The molecule has 1 fully saturated rings. The molecule has 2 aliphatic rings. The van der Waals surface area contributed by atoms with Crippen molar-refractivity contribution in [3.63, 3.8) is 0 Å². The van der Waals surface area contributed by atoms with Gasteiger partial charge < -0.3 is 9.84 Å². The van der Waals surface area contributed by atoms with Gasteiger partial charge >= 0.3 is 5.97 Å². The zero-order valence-corrected chi connectivity index (χ0v) is 16.9. The van der Waals surface area contributed by atoms with Crippen LogP contribution in [0.15, 0.2) is 60.0 Å². The van der Waals surface area contributed by atoms with E-state index in [2.05, 4.69) is 58.8 Å². The Hall–Kier alpha value is -2.63. The summed E-state index contributed by atoms with van der Waals surface area (Å²) in [6.07, 6.45) is 2.10. The van der Waals surface area contributed by atoms with E-state index in [1.54, 1.807) is 11.3 Å². The summed E-state index contributed by atoms with van der Waals surface area (Å²) in [5, 5.41) is 11.3. The number of aliphatic carboxylic acids is 1. The lowest BCUT2D eigenvalue weighted by molar-refractivity contribution is -0.148. The van der Waals surface area contributed by atoms with Gasteiger partial charge in [-0.2, -0.15) is 0 Å². The maximum atomic E-state index is 11.1. The summed E-state index contributed by atoms with van der Waals surface area (Å²) in [6, 6.07) is 19.3. The number of likely N-dealkylation sites (tertiary alicyclic amines) is 1. The molecule has 5 rings (SSSR count). The molecule has 0 radical (unpaired) electrons. The second-order valence-corrected chi connectivity index (χ2v) is 8.86. The molecule has 0 saturated carbocycles. The normalized spacial score (nSPS) is 19.0. The van der Waals surface area contributed by atoms with Crippen molar-refractivity contribution < 1.29 is 14.6 Å². The van der Waals surface area contributed by atoms with Crippen molar-refractivity contribution in [1.29, 1.82) is 0 Å². The Bertz CT molecular complexity index is 1020. The van der Waals surface area contributed by atoms with Crippen molar-refractivity contribution in [2.45, 2.75) is 25.5 Å². The molecule has 0 amide bonds. The minimum Gasteiger partial charge on any atom is -0.488 e. The molecule has 1 aliphatic carbocycles. The van der Waals surface area contributed by atoms with E-state index in [1.165, 1.54) is 27.1 Å². The summed E-state index contributed by atoms with van der Waals surface area (Å²) in [5.41, 5.74) is 5.14. The van der Waals surface area contributed by atoms with Crippen LogP contribution in [0, 0.1) is 5.92 Å². The summed E-state index contributed by atoms with van der Waals surface area (Å²) in [5.74, 6) is 0.0338. The number of fused-ring (bicyclic) bond motifs is 1. The van der Waals surface area contributed by atoms with Crippen molar-refractivity contribution in [1.82, 2.24) is 4.90 Å². The lowest BCUT2D eigenvalue weighted by Crippen LogP contribution is -2.51. The molecule has 3 aromatic rings. The topological polar surface area (TPSA) is 49.8 Å². The fourth-order valence-electron chi connectivity index (χ4n) is 4.36. The van der Waals surface area contributed by atoms with E-state index < -0.39 is 5.97 Å². The number of ether oxygens (including phenoxy) is 1. The zero-order chi connectivity index (χ0) is 19.8. The molecule has 1 saturated heterocycles. The standard InChI is InChI=1S/C24H23NO3S/c26-24(27)19-12-25(13-19)23-9-6-17-10-20(7-8-22(17)23)28-14-21-11-18(15-29-21)16-4-2-1-3-5-16/h1-5,7-8,10-11,15,19,23H,6,9,12-14H2,(H,26,27). The molecule has 2 aromatic carbocycles. The van der Waals surface area contributed by atoms with Crippen molar-refractivity contribution in [3.8, 4) is 16.9 Å². The summed E-state index contributed by atoms with van der Waals surface area (Å²) in [7, 11) is 0. The van der Waals surface area contributed by atoms with E-state index in [0.717, 1.165) is 18.6 Å². The highest BCUT2D eigenvalue weighted by Crippen LogP contribution is 2.40. The van der Waals surface area contributed by atoms with Crippen LogP contribution in [-0.2, 0) is 17.8 Å². The van der Waals surface area contributed by atoms with Crippen molar-refractivity contribution in [3.05, 3.63) is 76.0 Å². The second-order valence-electron chi connectivity index (χ2n) is 7.86. The van der Waals surface area contributed by atoms with Gasteiger partial charge in [-0.15, -0.1) is 11.3 Å². The Morgan fingerprint density at radius 2 is 1.93 bits per heavy atom. The van der Waals surface area contributed by atoms with Crippen LogP contribution in [0.5, 0.6) is 5.75 Å². The lowest BCUT2D eigenvalue weighted by atomic mass is 9.95. The molecule has 0 bridgehead atoms. The highest BCUT2D eigenvalue weighted by atomic mass is 32.1. The summed E-state index contributed by atoms with van der Waals surface area (Å²) >= 11 is 1.73. The van der Waals surface area contributed by atoms with Gasteiger partial charge in [0.15, 0.2) is 0 Å². The van der Waals surface area contributed by atoms with Crippen molar-refractivity contribution in [2.24, 2.45) is 5.92 Å². The van der Waals surface area contributed by atoms with Crippen molar-refractivity contribution >= 4 is 17.3 Å². The monoisotopic (exact) mass is 405 g/mol. The molecule has 29 heavy (non-hydrogen) atoms. The van der Waals surface area contributed by atoms with Gasteiger partial charge in [0.1, 0.15) is 12.4 Å². The van der Waals surface area contributed by atoms with E-state index in [0.29, 0.717) is 25.7 Å². The smallest absolute Gasteiger partial charge is 0.309 e. The van der Waals surface area contributed by atoms with Crippen molar-refractivity contribution in [2.75, 3.05) is 13.1 Å². The Labute approximate surface area is 174 Å². The predicted octanol–water partition coefficient (Wildman–Crippen LogP) is 5.00. The van der Waals surface area contributed by atoms with Crippen LogP contribution in [0.1, 0.15) is 28.5 Å². The minimum atomic E-state index is -0.674. The van der Waals surface area contributed by atoms with Gasteiger partial charge in [0.05, 0.1) is 5.92 Å². The second kappa shape index (κ2) is 7.65. The van der Waals surface area contributed by atoms with Crippen LogP contribution in [0.2, 0.25) is 0 Å². The van der Waals surface area contributed by atoms with Crippen LogP contribution in [0.4, 0.5) is 0 Å². The number of thiophene rings is 1. The highest BCUT2D eigenvalue weighted by Gasteiger charge is 2.39. The predicted molar refractivity (Wildman–Crippen MR) is 114 cm³/mol. The number of aryl methyl sites for hydroxylation is 1.